The molecule has 3 aromatic rings. The first kappa shape index (κ1) is 16.4. The summed E-state index contributed by atoms with van der Waals surface area (Å²) in [6, 6.07) is 30.0. The molecule has 0 aromatic heterocycles. The largest absolute Gasteiger partial charge is 0.462 e. The van der Waals surface area contributed by atoms with Crippen LogP contribution in [0, 0.1) is 0 Å². The maximum absolute atomic E-state index is 12.1. The summed E-state index contributed by atoms with van der Waals surface area (Å²) >= 11 is 0. The Morgan fingerprint density at radius 3 is 1.67 bits per heavy atom. The first-order valence-electron chi connectivity index (χ1n) is 7.94. The Balaban J connectivity index is 1.68. The fraction of sp³-hybridized carbons (Fsp3) is 0.0952. The van der Waals surface area contributed by atoms with E-state index in [1.165, 1.54) is 10.6 Å². The Kier molecular flexibility index (Phi) is 5.76. The average Bonchev–Trinajstić information content (AvgIpc) is 2.67. The summed E-state index contributed by atoms with van der Waals surface area (Å²) in [5.74, 6) is -0.258. The van der Waals surface area contributed by atoms with Crippen molar-refractivity contribution >= 4 is 24.5 Å². The lowest BCUT2D eigenvalue weighted by Crippen LogP contribution is -2.17. The molecule has 0 saturated carbocycles. The molecule has 0 aliphatic heterocycles. The van der Waals surface area contributed by atoms with Gasteiger partial charge in [-0.3, -0.25) is 0 Å². The molecule has 0 atom stereocenters. The number of ether oxygens (including phenoxy) is 1. The zero-order valence-electron chi connectivity index (χ0n) is 13.3. The molecule has 0 radical (unpaired) electrons. The van der Waals surface area contributed by atoms with Gasteiger partial charge in [0.1, 0.15) is 0 Å². The van der Waals surface area contributed by atoms with E-state index < -0.39 is 7.92 Å². The van der Waals surface area contributed by atoms with Crippen molar-refractivity contribution in [3.8, 4) is 0 Å². The van der Waals surface area contributed by atoms with Crippen LogP contribution in [0.1, 0.15) is 10.4 Å². The third-order valence-electron chi connectivity index (χ3n) is 3.69. The van der Waals surface area contributed by atoms with Gasteiger partial charge in [-0.1, -0.05) is 78.9 Å². The first-order chi connectivity index (χ1) is 11.8. The minimum atomic E-state index is -0.528. The number of benzene rings is 3. The highest BCUT2D eigenvalue weighted by atomic mass is 31.1. The minimum Gasteiger partial charge on any atom is -0.462 e. The number of hydrogen-bond acceptors (Lipinski definition) is 2. The smallest absolute Gasteiger partial charge is 0.338 e. The van der Waals surface area contributed by atoms with E-state index in [2.05, 4.69) is 48.5 Å². The third-order valence-corrected chi connectivity index (χ3v) is 6.17. The van der Waals surface area contributed by atoms with Crippen molar-refractivity contribution in [2.45, 2.75) is 0 Å². The monoisotopic (exact) mass is 334 g/mol. The summed E-state index contributed by atoms with van der Waals surface area (Å²) in [6.45, 7) is 0.420. The van der Waals surface area contributed by atoms with Gasteiger partial charge in [0.05, 0.1) is 12.2 Å². The van der Waals surface area contributed by atoms with Gasteiger partial charge in [0.15, 0.2) is 0 Å². The van der Waals surface area contributed by atoms with Crippen molar-refractivity contribution < 1.29 is 9.53 Å². The molecule has 0 N–H and O–H groups in total. The van der Waals surface area contributed by atoms with Crippen LogP contribution in [0.5, 0.6) is 0 Å². The molecule has 2 nitrogen and oxygen atoms in total. The molecule has 3 aromatic carbocycles. The molecule has 0 amide bonds. The zero-order valence-corrected chi connectivity index (χ0v) is 14.2. The average molecular weight is 334 g/mol. The Morgan fingerprint density at radius 2 is 1.17 bits per heavy atom. The highest BCUT2D eigenvalue weighted by Gasteiger charge is 2.14. The minimum absolute atomic E-state index is 0.258. The van der Waals surface area contributed by atoms with E-state index in [0.29, 0.717) is 12.2 Å². The SMILES string of the molecule is O=C(OCCP(c1ccccc1)c1ccccc1)c1ccccc1. The van der Waals surface area contributed by atoms with Crippen LogP contribution in [0.4, 0.5) is 0 Å². The van der Waals surface area contributed by atoms with Gasteiger partial charge in [-0.05, 0) is 30.7 Å². The lowest BCUT2D eigenvalue weighted by Gasteiger charge is -2.18. The van der Waals surface area contributed by atoms with E-state index in [0.717, 1.165) is 6.16 Å². The molecule has 0 unspecified atom stereocenters. The highest BCUT2D eigenvalue weighted by Crippen LogP contribution is 2.32. The number of hydrogen-bond donors (Lipinski definition) is 0. The standard InChI is InChI=1S/C21H19O2P/c22-21(18-10-4-1-5-11-18)23-16-17-24(19-12-6-2-7-13-19)20-14-8-3-9-15-20/h1-15H,16-17H2. The van der Waals surface area contributed by atoms with Crippen molar-refractivity contribution in [3.05, 3.63) is 96.6 Å². The molecule has 0 fully saturated rings. The van der Waals surface area contributed by atoms with E-state index in [1.807, 2.05) is 30.3 Å². The van der Waals surface area contributed by atoms with Crippen LogP contribution < -0.4 is 10.6 Å². The summed E-state index contributed by atoms with van der Waals surface area (Å²) in [7, 11) is -0.528. The number of carbonyl (C=O) groups is 1. The summed E-state index contributed by atoms with van der Waals surface area (Å²) in [6.07, 6.45) is 0.821. The van der Waals surface area contributed by atoms with E-state index in [1.54, 1.807) is 12.1 Å². The predicted molar refractivity (Wildman–Crippen MR) is 101 cm³/mol. The van der Waals surface area contributed by atoms with Crippen molar-refractivity contribution in [1.29, 1.82) is 0 Å². The molecular weight excluding hydrogens is 315 g/mol. The maximum atomic E-state index is 12.1. The van der Waals surface area contributed by atoms with Crippen LogP contribution in [0.15, 0.2) is 91.0 Å². The Morgan fingerprint density at radius 1 is 0.708 bits per heavy atom. The second kappa shape index (κ2) is 8.42. The molecule has 3 rings (SSSR count). The van der Waals surface area contributed by atoms with Crippen LogP contribution in [-0.2, 0) is 4.74 Å². The number of esters is 1. The molecule has 3 heteroatoms. The molecule has 0 bridgehead atoms. The van der Waals surface area contributed by atoms with E-state index in [4.69, 9.17) is 4.74 Å². The summed E-state index contributed by atoms with van der Waals surface area (Å²) < 4.78 is 5.48. The lowest BCUT2D eigenvalue weighted by atomic mass is 10.2. The van der Waals surface area contributed by atoms with Crippen molar-refractivity contribution in [1.82, 2.24) is 0 Å². The summed E-state index contributed by atoms with van der Waals surface area (Å²) in [5, 5.41) is 2.60. The predicted octanol–water partition coefficient (Wildman–Crippen LogP) is 3.98. The normalized spacial score (nSPS) is 10.5. The molecule has 0 saturated heterocycles. The molecule has 0 aliphatic carbocycles. The Hall–Kier alpha value is -2.44. The van der Waals surface area contributed by atoms with E-state index in [9.17, 15) is 4.79 Å². The zero-order chi connectivity index (χ0) is 16.6. The van der Waals surface area contributed by atoms with Gasteiger partial charge in [0.2, 0.25) is 0 Å². The van der Waals surface area contributed by atoms with Crippen LogP contribution >= 0.6 is 7.92 Å². The molecule has 120 valence electrons. The van der Waals surface area contributed by atoms with Crippen molar-refractivity contribution in [3.63, 3.8) is 0 Å². The summed E-state index contributed by atoms with van der Waals surface area (Å²) in [5.41, 5.74) is 0.598. The van der Waals surface area contributed by atoms with E-state index in [-0.39, 0.29) is 5.97 Å². The topological polar surface area (TPSA) is 26.3 Å². The molecule has 0 heterocycles. The highest BCUT2D eigenvalue weighted by molar-refractivity contribution is 7.73. The molecule has 0 spiro atoms. The lowest BCUT2D eigenvalue weighted by molar-refractivity contribution is 0.0529. The number of carbonyl (C=O) groups excluding carboxylic acids is 1. The van der Waals surface area contributed by atoms with Gasteiger partial charge >= 0.3 is 5.97 Å². The van der Waals surface area contributed by atoms with Crippen LogP contribution in [0.2, 0.25) is 0 Å². The summed E-state index contributed by atoms with van der Waals surface area (Å²) in [4.78, 5) is 12.1. The molecule has 24 heavy (non-hydrogen) atoms. The molecular formula is C21H19O2P. The van der Waals surface area contributed by atoms with Gasteiger partial charge in [-0.25, -0.2) is 4.79 Å². The van der Waals surface area contributed by atoms with Gasteiger partial charge in [0.25, 0.3) is 0 Å². The fourth-order valence-corrected chi connectivity index (χ4v) is 4.66. The number of rotatable bonds is 6. The second-order valence-electron chi connectivity index (χ2n) is 5.32. The first-order valence-corrected chi connectivity index (χ1v) is 9.47. The van der Waals surface area contributed by atoms with Crippen molar-refractivity contribution in [2.75, 3.05) is 12.8 Å². The Bertz CT molecular complexity index is 718. The fourth-order valence-electron chi connectivity index (χ4n) is 2.51. The van der Waals surface area contributed by atoms with E-state index >= 15 is 0 Å². The van der Waals surface area contributed by atoms with Gasteiger partial charge in [0, 0.05) is 6.16 Å². The van der Waals surface area contributed by atoms with Gasteiger partial charge < -0.3 is 4.74 Å². The van der Waals surface area contributed by atoms with Gasteiger partial charge in [-0.15, -0.1) is 0 Å². The molecule has 0 aliphatic rings. The van der Waals surface area contributed by atoms with Crippen LogP contribution in [0.25, 0.3) is 0 Å². The van der Waals surface area contributed by atoms with Crippen molar-refractivity contribution in [2.24, 2.45) is 0 Å². The van der Waals surface area contributed by atoms with Gasteiger partial charge in [-0.2, -0.15) is 0 Å². The second-order valence-corrected chi connectivity index (χ2v) is 7.66. The Labute approximate surface area is 143 Å². The van der Waals surface area contributed by atoms with Crippen LogP contribution in [0.3, 0.4) is 0 Å². The quantitative estimate of drug-likeness (QED) is 0.503. The maximum Gasteiger partial charge on any atom is 0.338 e. The van der Waals surface area contributed by atoms with Crippen LogP contribution in [-0.4, -0.2) is 18.7 Å². The third kappa shape index (κ3) is 4.31.